The van der Waals surface area contributed by atoms with E-state index in [1.807, 2.05) is 24.3 Å². The molecule has 11 nitrogen and oxygen atoms in total. The Balaban J connectivity index is 1.39. The quantitative estimate of drug-likeness (QED) is 0.257. The average molecular weight is 674 g/mol. The molecule has 1 aromatic carbocycles. The van der Waals surface area contributed by atoms with Crippen molar-refractivity contribution >= 4 is 60.0 Å². The van der Waals surface area contributed by atoms with Gasteiger partial charge in [0, 0.05) is 28.4 Å². The standard InChI is InChI=1S/C30H33BrN4O7S/c1-4-19-14-30(19,25(36)16-43(40,41)22-8-9-22)34-27(38)24-13-21(15-35(24)29(39)17(3)33-26(37)5-2)42-28-23-12-20(31)7-6-18(23)10-11-32-28/h4-7,10-12,17,19,21-22,24H,1-2,8-9,13-16H2,3H3,(H,33,37)(H,34,38)/t17-,19-,21-,24+,30-/m1/s1. The number of rotatable bonds is 12. The highest BCUT2D eigenvalue weighted by Crippen LogP contribution is 2.46. The SMILES string of the molecule is C=CC(=O)N[C@H](C)C(=O)N1C[C@H](Oc2nccc3ccc(Br)cc23)C[C@H]1C(=O)N[C@]1(C(=O)CS(=O)(=O)C2CC2)C[C@H]1C=C. The second-order valence-corrected chi connectivity index (χ2v) is 14.5. The maximum absolute atomic E-state index is 13.8. The van der Waals surface area contributed by atoms with Crippen LogP contribution in [0.4, 0.5) is 0 Å². The third kappa shape index (κ3) is 6.37. The normalized spacial score (nSPS) is 25.4. The lowest BCUT2D eigenvalue weighted by Crippen LogP contribution is -2.56. The van der Waals surface area contributed by atoms with Gasteiger partial charge >= 0.3 is 0 Å². The number of carbonyl (C=O) groups excluding carboxylic acids is 4. The average Bonchev–Trinajstić information content (AvgIpc) is 3.89. The molecule has 0 unspecified atom stereocenters. The van der Waals surface area contributed by atoms with E-state index in [0.29, 0.717) is 18.7 Å². The summed E-state index contributed by atoms with van der Waals surface area (Å²) < 4.78 is 32.3. The van der Waals surface area contributed by atoms with Crippen molar-refractivity contribution in [3.63, 3.8) is 0 Å². The molecule has 1 saturated heterocycles. The Morgan fingerprint density at radius 1 is 1.23 bits per heavy atom. The van der Waals surface area contributed by atoms with Gasteiger partial charge in [-0.2, -0.15) is 0 Å². The summed E-state index contributed by atoms with van der Waals surface area (Å²) in [6.07, 6.45) is 4.90. The fourth-order valence-corrected chi connectivity index (χ4v) is 7.66. The highest BCUT2D eigenvalue weighted by molar-refractivity contribution is 9.10. The number of aromatic nitrogens is 1. The molecule has 0 bridgehead atoms. The Labute approximate surface area is 258 Å². The Morgan fingerprint density at radius 3 is 2.63 bits per heavy atom. The number of ether oxygens (including phenoxy) is 1. The Bertz CT molecular complexity index is 1630. The van der Waals surface area contributed by atoms with Crippen molar-refractivity contribution in [2.24, 2.45) is 5.92 Å². The lowest BCUT2D eigenvalue weighted by Gasteiger charge is -2.28. The molecule has 3 aliphatic rings. The Morgan fingerprint density at radius 2 is 1.98 bits per heavy atom. The van der Waals surface area contributed by atoms with Gasteiger partial charge in [0.1, 0.15) is 29.5 Å². The van der Waals surface area contributed by atoms with Crippen LogP contribution >= 0.6 is 15.9 Å². The van der Waals surface area contributed by atoms with Crippen molar-refractivity contribution < 1.29 is 32.3 Å². The van der Waals surface area contributed by atoms with E-state index in [4.69, 9.17) is 4.74 Å². The zero-order chi connectivity index (χ0) is 31.1. The molecule has 2 aromatic rings. The van der Waals surface area contributed by atoms with E-state index < -0.39 is 74.0 Å². The molecule has 13 heteroatoms. The number of sulfone groups is 1. The van der Waals surface area contributed by atoms with Gasteiger partial charge in [0.15, 0.2) is 15.6 Å². The molecule has 2 saturated carbocycles. The molecule has 228 valence electrons. The van der Waals surface area contributed by atoms with E-state index in [2.05, 4.69) is 44.7 Å². The first kappa shape index (κ1) is 30.9. The fourth-order valence-electron chi connectivity index (χ4n) is 5.59. The predicted octanol–water partition coefficient (Wildman–Crippen LogP) is 2.24. The molecular weight excluding hydrogens is 640 g/mol. The number of pyridine rings is 1. The molecule has 0 radical (unpaired) electrons. The molecule has 1 aromatic heterocycles. The number of fused-ring (bicyclic) bond motifs is 1. The number of likely N-dealkylation sites (tertiary alicyclic amines) is 1. The van der Waals surface area contributed by atoms with Crippen LogP contribution in [0.5, 0.6) is 5.88 Å². The molecule has 3 amide bonds. The van der Waals surface area contributed by atoms with E-state index >= 15 is 0 Å². The van der Waals surface area contributed by atoms with E-state index in [1.165, 1.54) is 17.9 Å². The number of hydrogen-bond acceptors (Lipinski definition) is 8. The van der Waals surface area contributed by atoms with Crippen LogP contribution in [0.3, 0.4) is 0 Å². The van der Waals surface area contributed by atoms with Crippen LogP contribution in [0.1, 0.15) is 32.6 Å². The van der Waals surface area contributed by atoms with E-state index in [1.54, 1.807) is 6.20 Å². The zero-order valence-corrected chi connectivity index (χ0v) is 26.0. The first-order valence-electron chi connectivity index (χ1n) is 14.0. The highest BCUT2D eigenvalue weighted by atomic mass is 79.9. The highest BCUT2D eigenvalue weighted by Gasteiger charge is 2.61. The van der Waals surface area contributed by atoms with Crippen molar-refractivity contribution in [1.82, 2.24) is 20.5 Å². The van der Waals surface area contributed by atoms with Gasteiger partial charge in [-0.1, -0.05) is 34.7 Å². The summed E-state index contributed by atoms with van der Waals surface area (Å²) in [7, 11) is -3.61. The molecule has 2 heterocycles. The lowest BCUT2D eigenvalue weighted by atomic mass is 10.1. The van der Waals surface area contributed by atoms with E-state index in [0.717, 1.165) is 21.3 Å². The summed E-state index contributed by atoms with van der Waals surface area (Å²) >= 11 is 3.46. The van der Waals surface area contributed by atoms with Crippen molar-refractivity contribution in [2.45, 2.75) is 61.6 Å². The third-order valence-electron chi connectivity index (χ3n) is 8.24. The van der Waals surface area contributed by atoms with Crippen molar-refractivity contribution in [3.05, 3.63) is 60.2 Å². The van der Waals surface area contributed by atoms with Crippen molar-refractivity contribution in [2.75, 3.05) is 12.3 Å². The summed E-state index contributed by atoms with van der Waals surface area (Å²) in [4.78, 5) is 58.3. The minimum Gasteiger partial charge on any atom is -0.472 e. The summed E-state index contributed by atoms with van der Waals surface area (Å²) in [6, 6.07) is 5.46. The Hall–Kier alpha value is -3.58. The van der Waals surface area contributed by atoms with Gasteiger partial charge in [-0.3, -0.25) is 19.2 Å². The van der Waals surface area contributed by atoms with Crippen molar-refractivity contribution in [1.29, 1.82) is 0 Å². The molecule has 3 fully saturated rings. The molecule has 43 heavy (non-hydrogen) atoms. The van der Waals surface area contributed by atoms with Gasteiger partial charge in [0.05, 0.1) is 11.8 Å². The fraction of sp³-hybridized carbons (Fsp3) is 0.433. The summed E-state index contributed by atoms with van der Waals surface area (Å²) in [6.45, 7) is 8.67. The second-order valence-electron chi connectivity index (χ2n) is 11.3. The van der Waals surface area contributed by atoms with Gasteiger partial charge in [0.2, 0.25) is 23.6 Å². The first-order valence-corrected chi connectivity index (χ1v) is 16.5. The van der Waals surface area contributed by atoms with E-state index in [9.17, 15) is 27.6 Å². The van der Waals surface area contributed by atoms with Gasteiger partial charge in [0.25, 0.3) is 0 Å². The zero-order valence-electron chi connectivity index (χ0n) is 23.6. The first-order chi connectivity index (χ1) is 20.4. The summed E-state index contributed by atoms with van der Waals surface area (Å²) in [5.74, 6) is -3.03. The topological polar surface area (TPSA) is 152 Å². The largest absolute Gasteiger partial charge is 0.472 e. The van der Waals surface area contributed by atoms with Crippen LogP contribution in [-0.4, -0.2) is 83.1 Å². The number of carbonyl (C=O) groups is 4. The Kier molecular flexibility index (Phi) is 8.50. The van der Waals surface area contributed by atoms with Crippen LogP contribution in [0, 0.1) is 5.92 Å². The molecule has 2 aliphatic carbocycles. The van der Waals surface area contributed by atoms with Crippen LogP contribution in [0.15, 0.2) is 60.2 Å². The number of benzene rings is 1. The third-order valence-corrected chi connectivity index (χ3v) is 10.9. The summed E-state index contributed by atoms with van der Waals surface area (Å²) in [5.41, 5.74) is -1.40. The van der Waals surface area contributed by atoms with Crippen LogP contribution in [0.25, 0.3) is 10.8 Å². The smallest absolute Gasteiger partial charge is 0.245 e. The second kappa shape index (κ2) is 11.8. The molecule has 2 N–H and O–H groups in total. The lowest BCUT2D eigenvalue weighted by molar-refractivity contribution is -0.141. The maximum atomic E-state index is 13.8. The van der Waals surface area contributed by atoms with E-state index in [-0.39, 0.29) is 19.4 Å². The molecule has 1 aliphatic heterocycles. The van der Waals surface area contributed by atoms with Crippen LogP contribution in [-0.2, 0) is 29.0 Å². The van der Waals surface area contributed by atoms with Gasteiger partial charge in [-0.25, -0.2) is 13.4 Å². The number of nitrogens with one attached hydrogen (secondary N) is 2. The van der Waals surface area contributed by atoms with Crippen molar-refractivity contribution in [3.8, 4) is 5.88 Å². The summed E-state index contributed by atoms with van der Waals surface area (Å²) in [5, 5.41) is 6.43. The number of Topliss-reactive ketones (excluding diaryl/α,β-unsaturated/α-hetero) is 1. The molecule has 5 atom stereocenters. The van der Waals surface area contributed by atoms with Gasteiger partial charge < -0.3 is 20.3 Å². The minimum atomic E-state index is -3.61. The van der Waals surface area contributed by atoms with Gasteiger partial charge in [-0.15, -0.1) is 6.58 Å². The van der Waals surface area contributed by atoms with Gasteiger partial charge in [-0.05, 0) is 55.8 Å². The number of halogens is 1. The molecule has 5 rings (SSSR count). The predicted molar refractivity (Wildman–Crippen MR) is 163 cm³/mol. The number of ketones is 1. The maximum Gasteiger partial charge on any atom is 0.245 e. The number of amides is 3. The monoisotopic (exact) mass is 672 g/mol. The molecule has 0 spiro atoms. The van der Waals surface area contributed by atoms with Crippen LogP contribution in [0.2, 0.25) is 0 Å². The van der Waals surface area contributed by atoms with Crippen LogP contribution < -0.4 is 15.4 Å². The number of nitrogens with zero attached hydrogens (tertiary/aromatic N) is 2. The minimum absolute atomic E-state index is 0.0131. The number of hydrogen-bond donors (Lipinski definition) is 2. The molecular formula is C30H33BrN4O7S.